The fourth-order valence-electron chi connectivity index (χ4n) is 1.17. The minimum absolute atomic E-state index is 0.0339. The Balaban J connectivity index is 3.03. The molecule has 5 heteroatoms. The van der Waals surface area contributed by atoms with Crippen molar-refractivity contribution in [2.75, 3.05) is 0 Å². The van der Waals surface area contributed by atoms with Crippen molar-refractivity contribution in [1.82, 2.24) is 0 Å². The average Bonchev–Trinajstić information content (AvgIpc) is 2.18. The van der Waals surface area contributed by atoms with Crippen LogP contribution in [0.1, 0.15) is 12.5 Å². The van der Waals surface area contributed by atoms with Crippen LogP contribution in [-0.4, -0.2) is 16.2 Å². The molecular weight excluding hydrogens is 223 g/mol. The van der Waals surface area contributed by atoms with Gasteiger partial charge in [-0.05, 0) is 18.6 Å². The Labute approximate surface area is 91.1 Å². The Morgan fingerprint density at radius 2 is 2.20 bits per heavy atom. The first-order valence-corrected chi connectivity index (χ1v) is 4.70. The van der Waals surface area contributed by atoms with Crippen LogP contribution in [0.4, 0.5) is 4.39 Å². The van der Waals surface area contributed by atoms with Crippen LogP contribution in [0, 0.1) is 11.7 Å². The van der Waals surface area contributed by atoms with E-state index in [9.17, 15) is 9.18 Å². The average molecular weight is 233 g/mol. The van der Waals surface area contributed by atoms with E-state index in [1.165, 1.54) is 13.0 Å². The minimum atomic E-state index is -1.03. The van der Waals surface area contributed by atoms with Gasteiger partial charge in [0, 0.05) is 10.6 Å². The first kappa shape index (κ1) is 11.8. The van der Waals surface area contributed by atoms with Crippen LogP contribution in [0.3, 0.4) is 0 Å². The molecular formula is C10H10ClFO3. The molecule has 0 heterocycles. The van der Waals surface area contributed by atoms with E-state index < -0.39 is 23.5 Å². The second kappa shape index (κ2) is 4.49. The second-order valence-electron chi connectivity index (χ2n) is 3.30. The van der Waals surface area contributed by atoms with Crippen molar-refractivity contribution in [3.05, 3.63) is 28.5 Å². The van der Waals surface area contributed by atoms with E-state index in [2.05, 4.69) is 0 Å². The third-order valence-electron chi connectivity index (χ3n) is 2.10. The first-order valence-electron chi connectivity index (χ1n) is 4.32. The normalized spacial score (nSPS) is 12.5. The lowest BCUT2D eigenvalue weighted by molar-refractivity contribution is -0.141. The van der Waals surface area contributed by atoms with Crippen molar-refractivity contribution in [2.24, 2.45) is 5.92 Å². The molecule has 0 bridgehead atoms. The summed E-state index contributed by atoms with van der Waals surface area (Å²) in [7, 11) is 0. The van der Waals surface area contributed by atoms with E-state index >= 15 is 0 Å². The maximum atomic E-state index is 13.4. The second-order valence-corrected chi connectivity index (χ2v) is 3.71. The molecule has 1 unspecified atom stereocenters. The molecule has 0 fully saturated rings. The lowest BCUT2D eigenvalue weighted by Gasteiger charge is -2.09. The lowest BCUT2D eigenvalue weighted by Crippen LogP contribution is -2.13. The zero-order chi connectivity index (χ0) is 11.6. The van der Waals surface area contributed by atoms with Crippen molar-refractivity contribution in [2.45, 2.75) is 13.3 Å². The predicted octanol–water partition coefficient (Wildman–Crippen LogP) is 2.45. The van der Waals surface area contributed by atoms with Gasteiger partial charge < -0.3 is 10.2 Å². The third kappa shape index (κ3) is 2.59. The quantitative estimate of drug-likeness (QED) is 0.842. The standard InChI is InChI=1S/C10H10ClFO3/c1-5(10(14)15)4-6-7(11)2-3-8(13)9(6)12/h2-3,5,13H,4H2,1H3,(H,14,15). The Kier molecular flexibility index (Phi) is 3.52. The number of carboxylic acids is 1. The summed E-state index contributed by atoms with van der Waals surface area (Å²) in [5.41, 5.74) is 0.0339. The van der Waals surface area contributed by atoms with Gasteiger partial charge in [0.25, 0.3) is 0 Å². The van der Waals surface area contributed by atoms with E-state index in [1.807, 2.05) is 0 Å². The highest BCUT2D eigenvalue weighted by Crippen LogP contribution is 2.28. The molecule has 0 saturated heterocycles. The number of rotatable bonds is 3. The van der Waals surface area contributed by atoms with Gasteiger partial charge in [0.1, 0.15) is 0 Å². The summed E-state index contributed by atoms with van der Waals surface area (Å²) in [6, 6.07) is 2.47. The summed E-state index contributed by atoms with van der Waals surface area (Å²) in [4.78, 5) is 10.6. The highest BCUT2D eigenvalue weighted by molar-refractivity contribution is 6.31. The molecule has 82 valence electrons. The van der Waals surface area contributed by atoms with E-state index in [0.29, 0.717) is 0 Å². The summed E-state index contributed by atoms with van der Waals surface area (Å²) in [5, 5.41) is 17.9. The van der Waals surface area contributed by atoms with Crippen LogP contribution in [0.5, 0.6) is 5.75 Å². The molecule has 15 heavy (non-hydrogen) atoms. The van der Waals surface area contributed by atoms with Crippen molar-refractivity contribution < 1.29 is 19.4 Å². The Morgan fingerprint density at radius 3 is 2.73 bits per heavy atom. The van der Waals surface area contributed by atoms with Gasteiger partial charge >= 0.3 is 5.97 Å². The minimum Gasteiger partial charge on any atom is -0.505 e. The maximum absolute atomic E-state index is 13.4. The molecule has 0 amide bonds. The number of aromatic hydroxyl groups is 1. The van der Waals surface area contributed by atoms with Gasteiger partial charge in [-0.15, -0.1) is 0 Å². The number of aliphatic carboxylic acids is 1. The van der Waals surface area contributed by atoms with Crippen LogP contribution in [0.2, 0.25) is 5.02 Å². The summed E-state index contributed by atoms with van der Waals surface area (Å²) < 4.78 is 13.4. The smallest absolute Gasteiger partial charge is 0.306 e. The molecule has 1 atom stereocenters. The Morgan fingerprint density at radius 1 is 1.60 bits per heavy atom. The van der Waals surface area contributed by atoms with Crippen molar-refractivity contribution in [3.8, 4) is 5.75 Å². The number of hydrogen-bond acceptors (Lipinski definition) is 2. The van der Waals surface area contributed by atoms with E-state index in [1.54, 1.807) is 0 Å². The van der Waals surface area contributed by atoms with Crippen LogP contribution >= 0.6 is 11.6 Å². The number of carboxylic acid groups (broad SMARTS) is 1. The molecule has 0 aliphatic heterocycles. The molecule has 3 nitrogen and oxygen atoms in total. The van der Waals surface area contributed by atoms with Gasteiger partial charge in [0.05, 0.1) is 5.92 Å². The van der Waals surface area contributed by atoms with Crippen LogP contribution < -0.4 is 0 Å². The van der Waals surface area contributed by atoms with Gasteiger partial charge in [0.15, 0.2) is 11.6 Å². The zero-order valence-electron chi connectivity index (χ0n) is 8.00. The molecule has 0 aliphatic rings. The van der Waals surface area contributed by atoms with Crippen LogP contribution in [0.15, 0.2) is 12.1 Å². The molecule has 0 aliphatic carbocycles. The molecule has 0 radical (unpaired) electrons. The topological polar surface area (TPSA) is 57.5 Å². The first-order chi connectivity index (χ1) is 6.93. The zero-order valence-corrected chi connectivity index (χ0v) is 8.75. The van der Waals surface area contributed by atoms with E-state index in [-0.39, 0.29) is 17.0 Å². The Hall–Kier alpha value is -1.29. The fraction of sp³-hybridized carbons (Fsp3) is 0.300. The van der Waals surface area contributed by atoms with Crippen molar-refractivity contribution in [3.63, 3.8) is 0 Å². The number of phenols is 1. The molecule has 1 aromatic rings. The van der Waals surface area contributed by atoms with Crippen LogP contribution in [0.25, 0.3) is 0 Å². The number of hydrogen-bond donors (Lipinski definition) is 2. The Bertz CT molecular complexity index is 392. The van der Waals surface area contributed by atoms with Gasteiger partial charge in [-0.3, -0.25) is 4.79 Å². The summed E-state index contributed by atoms with van der Waals surface area (Å²) in [6.07, 6.45) is -0.0472. The van der Waals surface area contributed by atoms with E-state index in [4.69, 9.17) is 21.8 Å². The molecule has 1 rings (SSSR count). The number of carbonyl (C=O) groups is 1. The summed E-state index contributed by atoms with van der Waals surface area (Å²) in [5.74, 6) is -3.16. The number of phenolic OH excluding ortho intramolecular Hbond substituents is 1. The van der Waals surface area contributed by atoms with E-state index in [0.717, 1.165) is 6.07 Å². The number of halogens is 2. The summed E-state index contributed by atoms with van der Waals surface area (Å²) in [6.45, 7) is 1.45. The van der Waals surface area contributed by atoms with Crippen molar-refractivity contribution >= 4 is 17.6 Å². The predicted molar refractivity (Wildman–Crippen MR) is 53.6 cm³/mol. The monoisotopic (exact) mass is 232 g/mol. The number of benzene rings is 1. The van der Waals surface area contributed by atoms with Gasteiger partial charge in [-0.1, -0.05) is 18.5 Å². The largest absolute Gasteiger partial charge is 0.505 e. The fourth-order valence-corrected chi connectivity index (χ4v) is 1.39. The third-order valence-corrected chi connectivity index (χ3v) is 2.45. The highest BCUT2D eigenvalue weighted by Gasteiger charge is 2.18. The lowest BCUT2D eigenvalue weighted by atomic mass is 10.0. The SMILES string of the molecule is CC(Cc1c(Cl)ccc(O)c1F)C(=O)O. The van der Waals surface area contributed by atoms with Crippen LogP contribution in [-0.2, 0) is 11.2 Å². The molecule has 0 spiro atoms. The van der Waals surface area contributed by atoms with Crippen molar-refractivity contribution in [1.29, 1.82) is 0 Å². The molecule has 0 aromatic heterocycles. The molecule has 2 N–H and O–H groups in total. The molecule has 1 aromatic carbocycles. The molecule has 0 saturated carbocycles. The maximum Gasteiger partial charge on any atom is 0.306 e. The van der Waals surface area contributed by atoms with Gasteiger partial charge in [0.2, 0.25) is 0 Å². The highest BCUT2D eigenvalue weighted by atomic mass is 35.5. The van der Waals surface area contributed by atoms with Gasteiger partial charge in [-0.2, -0.15) is 0 Å². The van der Waals surface area contributed by atoms with Gasteiger partial charge in [-0.25, -0.2) is 4.39 Å². The summed E-state index contributed by atoms with van der Waals surface area (Å²) >= 11 is 5.71.